The van der Waals surface area contributed by atoms with Crippen LogP contribution in [0, 0.1) is 5.82 Å². The van der Waals surface area contributed by atoms with Crippen LogP contribution in [0.5, 0.6) is 11.5 Å². The average Bonchev–Trinajstić information content (AvgIpc) is 2.45. The predicted octanol–water partition coefficient (Wildman–Crippen LogP) is 2.17. The largest absolute Gasteiger partial charge is 0.493 e. The lowest BCUT2D eigenvalue weighted by Crippen LogP contribution is -2.32. The molecule has 0 heterocycles. The number of hydrogen-bond donors (Lipinski definition) is 1. The topological polar surface area (TPSA) is 70.8 Å². The van der Waals surface area contributed by atoms with Gasteiger partial charge in [-0.25, -0.2) is 13.6 Å². The molecular formula is C13H18ClF2NO4. The van der Waals surface area contributed by atoms with E-state index in [1.165, 1.54) is 27.2 Å². The highest BCUT2D eigenvalue weighted by Gasteiger charge is 2.30. The van der Waals surface area contributed by atoms with E-state index >= 15 is 0 Å². The SMILES string of the molecule is CCOC(=O)C(F)[C@@H](N)c1cc(OC)c(OC)cc1F.Cl. The van der Waals surface area contributed by atoms with Crippen molar-refractivity contribution in [3.63, 3.8) is 0 Å². The molecule has 21 heavy (non-hydrogen) atoms. The smallest absolute Gasteiger partial charge is 0.342 e. The standard InChI is InChI=1S/C13H17F2NO4.ClH/c1-4-20-13(17)11(15)12(16)7-5-9(18-2)10(19-3)6-8(7)14;/h5-6,11-12H,4,16H2,1-3H3;1H/t11?,12-;/m0./s1. The first-order valence-electron chi connectivity index (χ1n) is 5.93. The van der Waals surface area contributed by atoms with Crippen molar-refractivity contribution in [2.45, 2.75) is 19.1 Å². The van der Waals surface area contributed by atoms with Crippen LogP contribution in [0.2, 0.25) is 0 Å². The number of nitrogens with two attached hydrogens (primary N) is 1. The van der Waals surface area contributed by atoms with Crippen LogP contribution in [-0.4, -0.2) is 33.0 Å². The van der Waals surface area contributed by atoms with Crippen molar-refractivity contribution < 1.29 is 27.8 Å². The number of methoxy groups -OCH3 is 2. The Kier molecular flexibility index (Phi) is 7.98. The summed E-state index contributed by atoms with van der Waals surface area (Å²) in [5, 5.41) is 0. The van der Waals surface area contributed by atoms with E-state index in [2.05, 4.69) is 4.74 Å². The third kappa shape index (κ3) is 4.44. The Labute approximate surface area is 127 Å². The maximum Gasteiger partial charge on any atom is 0.342 e. The number of hydrogen-bond acceptors (Lipinski definition) is 5. The van der Waals surface area contributed by atoms with Crippen molar-refractivity contribution >= 4 is 18.4 Å². The molecule has 1 aromatic carbocycles. The Hall–Kier alpha value is -1.60. The van der Waals surface area contributed by atoms with Crippen LogP contribution in [0.1, 0.15) is 18.5 Å². The van der Waals surface area contributed by atoms with Gasteiger partial charge in [-0.1, -0.05) is 0 Å². The van der Waals surface area contributed by atoms with Gasteiger partial charge in [0.15, 0.2) is 11.5 Å². The molecule has 0 spiro atoms. The molecule has 0 aliphatic heterocycles. The van der Waals surface area contributed by atoms with Crippen LogP contribution in [0.25, 0.3) is 0 Å². The monoisotopic (exact) mass is 325 g/mol. The second kappa shape index (κ2) is 8.63. The second-order valence-corrected chi connectivity index (χ2v) is 3.91. The zero-order valence-electron chi connectivity index (χ0n) is 11.9. The number of alkyl halides is 1. The quantitative estimate of drug-likeness (QED) is 0.812. The second-order valence-electron chi connectivity index (χ2n) is 3.91. The first kappa shape index (κ1) is 19.4. The molecule has 1 aromatic rings. The molecule has 0 aliphatic rings. The summed E-state index contributed by atoms with van der Waals surface area (Å²) in [5.41, 5.74) is 5.38. The zero-order valence-corrected chi connectivity index (χ0v) is 12.7. The highest BCUT2D eigenvalue weighted by Crippen LogP contribution is 2.33. The van der Waals surface area contributed by atoms with Gasteiger partial charge in [-0.3, -0.25) is 0 Å². The maximum atomic E-state index is 13.9. The van der Waals surface area contributed by atoms with Crippen molar-refractivity contribution in [3.05, 3.63) is 23.5 Å². The summed E-state index contributed by atoms with van der Waals surface area (Å²) in [6.45, 7) is 1.55. The van der Waals surface area contributed by atoms with Gasteiger partial charge in [0.05, 0.1) is 26.9 Å². The Morgan fingerprint density at radius 2 is 1.81 bits per heavy atom. The molecule has 5 nitrogen and oxygen atoms in total. The van der Waals surface area contributed by atoms with Gasteiger partial charge in [0.2, 0.25) is 6.17 Å². The molecule has 1 rings (SSSR count). The van der Waals surface area contributed by atoms with E-state index in [1.807, 2.05) is 0 Å². The number of carbonyl (C=O) groups excluding carboxylic acids is 1. The fraction of sp³-hybridized carbons (Fsp3) is 0.462. The minimum atomic E-state index is -2.16. The van der Waals surface area contributed by atoms with E-state index in [0.29, 0.717) is 0 Å². The molecule has 0 radical (unpaired) electrons. The van der Waals surface area contributed by atoms with Crippen molar-refractivity contribution in [1.82, 2.24) is 0 Å². The zero-order chi connectivity index (χ0) is 15.3. The first-order chi connectivity index (χ1) is 9.46. The van der Waals surface area contributed by atoms with Gasteiger partial charge < -0.3 is 19.9 Å². The average molecular weight is 326 g/mol. The minimum absolute atomic E-state index is 0. The highest BCUT2D eigenvalue weighted by molar-refractivity contribution is 5.85. The molecule has 2 atom stereocenters. The predicted molar refractivity (Wildman–Crippen MR) is 75.2 cm³/mol. The number of esters is 1. The summed E-state index contributed by atoms with van der Waals surface area (Å²) >= 11 is 0. The van der Waals surface area contributed by atoms with E-state index in [0.717, 1.165) is 6.07 Å². The Morgan fingerprint density at radius 1 is 1.29 bits per heavy atom. The van der Waals surface area contributed by atoms with Gasteiger partial charge in [-0.15, -0.1) is 12.4 Å². The number of halogens is 3. The van der Waals surface area contributed by atoms with Crippen molar-refractivity contribution in [2.24, 2.45) is 5.73 Å². The van der Waals surface area contributed by atoms with E-state index in [4.69, 9.17) is 15.2 Å². The van der Waals surface area contributed by atoms with Crippen LogP contribution < -0.4 is 15.2 Å². The molecule has 0 aromatic heterocycles. The van der Waals surface area contributed by atoms with E-state index in [-0.39, 0.29) is 36.1 Å². The molecule has 0 bridgehead atoms. The molecule has 0 amide bonds. The van der Waals surface area contributed by atoms with Crippen molar-refractivity contribution in [1.29, 1.82) is 0 Å². The number of ether oxygens (including phenoxy) is 3. The van der Waals surface area contributed by atoms with Crippen molar-refractivity contribution in [3.8, 4) is 11.5 Å². The fourth-order valence-corrected chi connectivity index (χ4v) is 1.65. The van der Waals surface area contributed by atoms with Gasteiger partial charge in [-0.05, 0) is 13.0 Å². The summed E-state index contributed by atoms with van der Waals surface area (Å²) in [5.74, 6) is -1.58. The molecule has 1 unspecified atom stereocenters. The van der Waals surface area contributed by atoms with Gasteiger partial charge in [0, 0.05) is 11.6 Å². The maximum absolute atomic E-state index is 13.9. The molecule has 2 N–H and O–H groups in total. The van der Waals surface area contributed by atoms with E-state index in [1.54, 1.807) is 0 Å². The molecule has 0 aliphatic carbocycles. The van der Waals surface area contributed by atoms with Crippen LogP contribution in [0.4, 0.5) is 8.78 Å². The third-order valence-electron chi connectivity index (χ3n) is 2.69. The van der Waals surface area contributed by atoms with Crippen LogP contribution >= 0.6 is 12.4 Å². The van der Waals surface area contributed by atoms with Gasteiger partial charge in [0.1, 0.15) is 5.82 Å². The molecular weight excluding hydrogens is 308 g/mol. The first-order valence-corrected chi connectivity index (χ1v) is 5.93. The number of benzene rings is 1. The Bertz CT molecular complexity index is 487. The van der Waals surface area contributed by atoms with Crippen LogP contribution in [-0.2, 0) is 9.53 Å². The van der Waals surface area contributed by atoms with Crippen LogP contribution in [0.3, 0.4) is 0 Å². The van der Waals surface area contributed by atoms with Crippen molar-refractivity contribution in [2.75, 3.05) is 20.8 Å². The van der Waals surface area contributed by atoms with Gasteiger partial charge in [-0.2, -0.15) is 0 Å². The molecule has 0 saturated carbocycles. The summed E-state index contributed by atoms with van der Waals surface area (Å²) in [6.07, 6.45) is -2.16. The van der Waals surface area contributed by atoms with E-state index in [9.17, 15) is 13.6 Å². The fourth-order valence-electron chi connectivity index (χ4n) is 1.65. The summed E-state index contributed by atoms with van der Waals surface area (Å²) in [4.78, 5) is 11.3. The summed E-state index contributed by atoms with van der Waals surface area (Å²) in [6, 6.07) is 0.727. The lowest BCUT2D eigenvalue weighted by Gasteiger charge is -2.18. The number of rotatable bonds is 6. The lowest BCUT2D eigenvalue weighted by molar-refractivity contribution is -0.149. The summed E-state index contributed by atoms with van der Waals surface area (Å²) < 4.78 is 42.1. The highest BCUT2D eigenvalue weighted by atomic mass is 35.5. The number of carbonyl (C=O) groups is 1. The summed E-state index contributed by atoms with van der Waals surface area (Å²) in [7, 11) is 2.69. The lowest BCUT2D eigenvalue weighted by atomic mass is 10.0. The molecule has 0 fully saturated rings. The minimum Gasteiger partial charge on any atom is -0.493 e. The van der Waals surface area contributed by atoms with Gasteiger partial charge >= 0.3 is 5.97 Å². The van der Waals surface area contributed by atoms with Gasteiger partial charge in [0.25, 0.3) is 0 Å². The normalized spacial score (nSPS) is 12.9. The third-order valence-corrected chi connectivity index (χ3v) is 2.69. The Morgan fingerprint density at radius 3 is 2.29 bits per heavy atom. The molecule has 8 heteroatoms. The Balaban J connectivity index is 0.00000400. The van der Waals surface area contributed by atoms with E-state index < -0.39 is 24.0 Å². The van der Waals surface area contributed by atoms with Crippen LogP contribution in [0.15, 0.2) is 12.1 Å². The molecule has 120 valence electrons. The molecule has 0 saturated heterocycles.